The first kappa shape index (κ1) is 12.1. The molecule has 1 aliphatic carbocycles. The molecule has 4 heteroatoms. The molecule has 2 heterocycles. The molecule has 0 amide bonds. The minimum Gasteiger partial charge on any atom is -0.339 e. The molecule has 1 aromatic carbocycles. The minimum absolute atomic E-state index is 0.313. The highest BCUT2D eigenvalue weighted by atomic mass is 16.5. The van der Waals surface area contributed by atoms with E-state index < -0.39 is 0 Å². The van der Waals surface area contributed by atoms with Gasteiger partial charge in [-0.25, -0.2) is 0 Å². The highest BCUT2D eigenvalue weighted by molar-refractivity contribution is 5.38. The summed E-state index contributed by atoms with van der Waals surface area (Å²) in [5.74, 6) is 2.35. The van der Waals surface area contributed by atoms with Gasteiger partial charge in [-0.2, -0.15) is 4.98 Å². The Bertz CT molecular complexity index is 622. The van der Waals surface area contributed by atoms with Crippen LogP contribution in [0.1, 0.15) is 54.4 Å². The summed E-state index contributed by atoms with van der Waals surface area (Å²) < 4.78 is 5.55. The average Bonchev–Trinajstić information content (AvgIpc) is 3.15. The summed E-state index contributed by atoms with van der Waals surface area (Å²) >= 11 is 0. The number of benzene rings is 1. The average molecular weight is 269 g/mol. The lowest BCUT2D eigenvalue weighted by atomic mass is 10.00. The molecule has 1 aromatic heterocycles. The maximum absolute atomic E-state index is 5.55. The van der Waals surface area contributed by atoms with Crippen LogP contribution in [0.25, 0.3) is 0 Å². The Balaban J connectivity index is 1.63. The van der Waals surface area contributed by atoms with Gasteiger partial charge in [-0.1, -0.05) is 29.4 Å². The summed E-state index contributed by atoms with van der Waals surface area (Å²) in [5.41, 5.74) is 2.80. The zero-order valence-electron chi connectivity index (χ0n) is 11.7. The second kappa shape index (κ2) is 4.70. The van der Waals surface area contributed by atoms with Gasteiger partial charge in [-0.15, -0.1) is 0 Å². The molecule has 3 unspecified atom stereocenters. The molecule has 0 saturated carbocycles. The number of rotatable bonds is 2. The lowest BCUT2D eigenvalue weighted by molar-refractivity contribution is 0.340. The van der Waals surface area contributed by atoms with Gasteiger partial charge in [0, 0.05) is 12.0 Å². The van der Waals surface area contributed by atoms with E-state index in [1.54, 1.807) is 0 Å². The van der Waals surface area contributed by atoms with Crippen LogP contribution in [-0.2, 0) is 6.42 Å². The van der Waals surface area contributed by atoms with Crippen molar-refractivity contribution in [3.05, 3.63) is 47.1 Å². The zero-order chi connectivity index (χ0) is 13.5. The molecule has 4 rings (SSSR count). The van der Waals surface area contributed by atoms with Gasteiger partial charge in [0.25, 0.3) is 0 Å². The molecule has 1 N–H and O–H groups in total. The largest absolute Gasteiger partial charge is 0.339 e. The summed E-state index contributed by atoms with van der Waals surface area (Å²) in [5, 5.41) is 7.70. The molecule has 1 fully saturated rings. The highest BCUT2D eigenvalue weighted by Gasteiger charge is 2.32. The number of hydrogen-bond donors (Lipinski definition) is 1. The van der Waals surface area contributed by atoms with E-state index in [0.29, 0.717) is 17.9 Å². The third-order valence-corrected chi connectivity index (χ3v) is 4.74. The van der Waals surface area contributed by atoms with Gasteiger partial charge in [0.1, 0.15) is 0 Å². The maximum atomic E-state index is 5.55. The van der Waals surface area contributed by atoms with Crippen molar-refractivity contribution in [3.8, 4) is 0 Å². The van der Waals surface area contributed by atoms with Gasteiger partial charge in [0.2, 0.25) is 5.89 Å². The second-order valence-corrected chi connectivity index (χ2v) is 5.92. The predicted octanol–water partition coefficient (Wildman–Crippen LogP) is 2.61. The van der Waals surface area contributed by atoms with Crippen molar-refractivity contribution < 1.29 is 4.52 Å². The molecule has 1 aliphatic heterocycles. The first-order valence-electron chi connectivity index (χ1n) is 7.47. The van der Waals surface area contributed by atoms with Crippen molar-refractivity contribution in [2.75, 3.05) is 6.54 Å². The molecule has 104 valence electrons. The molecule has 2 aliphatic rings. The van der Waals surface area contributed by atoms with E-state index in [1.807, 2.05) is 0 Å². The standard InChI is InChI=1S/C16H19N3O/c1-10-12(8-9-17-10)16-18-15(19-20-16)14-7-6-11-4-2-3-5-13(11)14/h2-5,10,12,14,17H,6-9H2,1H3. The molecule has 20 heavy (non-hydrogen) atoms. The lowest BCUT2D eigenvalue weighted by Crippen LogP contribution is -2.21. The number of hydrogen-bond acceptors (Lipinski definition) is 4. The molecule has 3 atom stereocenters. The van der Waals surface area contributed by atoms with E-state index in [9.17, 15) is 0 Å². The second-order valence-electron chi connectivity index (χ2n) is 5.92. The Kier molecular flexibility index (Phi) is 2.84. The lowest BCUT2D eigenvalue weighted by Gasteiger charge is -2.09. The van der Waals surface area contributed by atoms with Crippen molar-refractivity contribution in [2.45, 2.75) is 44.1 Å². The molecule has 2 aromatic rings. The summed E-state index contributed by atoms with van der Waals surface area (Å²) in [7, 11) is 0. The van der Waals surface area contributed by atoms with Crippen LogP contribution >= 0.6 is 0 Å². The van der Waals surface area contributed by atoms with E-state index in [-0.39, 0.29) is 0 Å². The smallest absolute Gasteiger partial charge is 0.231 e. The summed E-state index contributed by atoms with van der Waals surface area (Å²) in [6, 6.07) is 9.04. The van der Waals surface area contributed by atoms with Crippen LogP contribution in [-0.4, -0.2) is 22.7 Å². The van der Waals surface area contributed by atoms with Crippen LogP contribution in [0, 0.1) is 0 Å². The van der Waals surface area contributed by atoms with Crippen LogP contribution in [0.5, 0.6) is 0 Å². The Morgan fingerprint density at radius 3 is 3.00 bits per heavy atom. The fourth-order valence-electron chi connectivity index (χ4n) is 3.56. The highest BCUT2D eigenvalue weighted by Crippen LogP contribution is 2.37. The first-order valence-corrected chi connectivity index (χ1v) is 7.47. The molecular weight excluding hydrogens is 250 g/mol. The summed E-state index contributed by atoms with van der Waals surface area (Å²) in [4.78, 5) is 4.71. The van der Waals surface area contributed by atoms with Gasteiger partial charge >= 0.3 is 0 Å². The van der Waals surface area contributed by atoms with Crippen molar-refractivity contribution in [3.63, 3.8) is 0 Å². The van der Waals surface area contributed by atoms with Gasteiger partial charge in [0.15, 0.2) is 5.82 Å². The number of fused-ring (bicyclic) bond motifs is 1. The fraction of sp³-hybridized carbons (Fsp3) is 0.500. The maximum Gasteiger partial charge on any atom is 0.231 e. The van der Waals surface area contributed by atoms with Crippen LogP contribution in [0.3, 0.4) is 0 Å². The summed E-state index contributed by atoms with van der Waals surface area (Å²) in [6.07, 6.45) is 3.30. The molecule has 1 saturated heterocycles. The van der Waals surface area contributed by atoms with E-state index in [2.05, 4.69) is 41.7 Å². The third-order valence-electron chi connectivity index (χ3n) is 4.74. The Labute approximate surface area is 118 Å². The number of nitrogens with zero attached hydrogens (tertiary/aromatic N) is 2. The fourth-order valence-corrected chi connectivity index (χ4v) is 3.56. The van der Waals surface area contributed by atoms with Crippen molar-refractivity contribution in [1.29, 1.82) is 0 Å². The Morgan fingerprint density at radius 2 is 2.15 bits per heavy atom. The van der Waals surface area contributed by atoms with E-state index in [4.69, 9.17) is 9.51 Å². The van der Waals surface area contributed by atoms with Crippen molar-refractivity contribution >= 4 is 0 Å². The minimum atomic E-state index is 0.313. The van der Waals surface area contributed by atoms with Crippen LogP contribution in [0.2, 0.25) is 0 Å². The molecule has 4 nitrogen and oxygen atoms in total. The quantitative estimate of drug-likeness (QED) is 0.910. The van der Waals surface area contributed by atoms with E-state index >= 15 is 0 Å². The Morgan fingerprint density at radius 1 is 1.25 bits per heavy atom. The van der Waals surface area contributed by atoms with Gasteiger partial charge in [-0.05, 0) is 43.9 Å². The molecular formula is C16H19N3O. The van der Waals surface area contributed by atoms with Crippen LogP contribution in [0.4, 0.5) is 0 Å². The number of aromatic nitrogens is 2. The topological polar surface area (TPSA) is 51.0 Å². The van der Waals surface area contributed by atoms with E-state index in [0.717, 1.165) is 37.5 Å². The SMILES string of the molecule is CC1NCCC1c1nc(C2CCc3ccccc32)no1. The van der Waals surface area contributed by atoms with Gasteiger partial charge in [0.05, 0.1) is 5.92 Å². The van der Waals surface area contributed by atoms with E-state index in [1.165, 1.54) is 11.1 Å². The van der Waals surface area contributed by atoms with Crippen molar-refractivity contribution in [1.82, 2.24) is 15.5 Å². The van der Waals surface area contributed by atoms with Crippen molar-refractivity contribution in [2.24, 2.45) is 0 Å². The Hall–Kier alpha value is -1.68. The van der Waals surface area contributed by atoms with Crippen LogP contribution in [0.15, 0.2) is 28.8 Å². The summed E-state index contributed by atoms with van der Waals surface area (Å²) in [6.45, 7) is 3.22. The first-order chi connectivity index (χ1) is 9.83. The monoisotopic (exact) mass is 269 g/mol. The van der Waals surface area contributed by atoms with Gasteiger partial charge < -0.3 is 9.84 Å². The normalized spacial score (nSPS) is 28.8. The van der Waals surface area contributed by atoms with Crippen LogP contribution < -0.4 is 5.32 Å². The zero-order valence-corrected chi connectivity index (χ0v) is 11.7. The molecule has 0 bridgehead atoms. The number of aryl methyl sites for hydroxylation is 1. The third kappa shape index (κ3) is 1.86. The molecule has 0 spiro atoms. The molecule has 0 radical (unpaired) electrons. The van der Waals surface area contributed by atoms with Gasteiger partial charge in [-0.3, -0.25) is 0 Å². The predicted molar refractivity (Wildman–Crippen MR) is 75.7 cm³/mol. The number of nitrogens with one attached hydrogen (secondary N) is 1.